The topological polar surface area (TPSA) is 60.9 Å². The molecule has 2 unspecified atom stereocenters. The molecule has 0 aliphatic heterocycles. The Morgan fingerprint density at radius 2 is 2.50 bits per heavy atom. The summed E-state index contributed by atoms with van der Waals surface area (Å²) >= 11 is 0. The Morgan fingerprint density at radius 3 is 3.14 bits per heavy atom. The van der Waals surface area contributed by atoms with Crippen LogP contribution in [-0.4, -0.2) is 28.0 Å². The molecule has 1 aromatic rings. The second-order valence-electron chi connectivity index (χ2n) is 4.05. The molecule has 1 aromatic heterocycles. The van der Waals surface area contributed by atoms with Crippen LogP contribution in [0.15, 0.2) is 12.3 Å². The molecule has 1 fully saturated rings. The molecular weight excluding hydrogens is 178 g/mol. The van der Waals surface area contributed by atoms with E-state index in [2.05, 4.69) is 15.5 Å². The Kier molecular flexibility index (Phi) is 3.16. The number of aromatic amines is 1. The lowest BCUT2D eigenvalue weighted by Crippen LogP contribution is -2.21. The molecule has 1 heterocycles. The minimum absolute atomic E-state index is 0.0612. The number of aliphatic hydroxyl groups excluding tert-OH is 1. The number of hydrogen-bond acceptors (Lipinski definition) is 3. The van der Waals surface area contributed by atoms with Gasteiger partial charge in [0.2, 0.25) is 0 Å². The van der Waals surface area contributed by atoms with Crippen molar-refractivity contribution in [1.29, 1.82) is 0 Å². The molecule has 1 aliphatic carbocycles. The van der Waals surface area contributed by atoms with Crippen molar-refractivity contribution >= 4 is 0 Å². The maximum atomic E-state index is 9.34. The van der Waals surface area contributed by atoms with E-state index in [-0.39, 0.29) is 6.10 Å². The predicted octanol–water partition coefficient (Wildman–Crippen LogP) is 0.660. The maximum absolute atomic E-state index is 9.34. The fourth-order valence-corrected chi connectivity index (χ4v) is 2.03. The molecule has 1 aliphatic rings. The normalized spacial score (nSPS) is 26.9. The van der Waals surface area contributed by atoms with Crippen molar-refractivity contribution in [3.63, 3.8) is 0 Å². The molecule has 0 spiro atoms. The van der Waals surface area contributed by atoms with Gasteiger partial charge in [0, 0.05) is 18.4 Å². The first-order chi connectivity index (χ1) is 6.84. The van der Waals surface area contributed by atoms with Gasteiger partial charge in [0.1, 0.15) is 0 Å². The summed E-state index contributed by atoms with van der Waals surface area (Å²) in [7, 11) is 0. The summed E-state index contributed by atoms with van der Waals surface area (Å²) in [4.78, 5) is 0. The number of nitrogens with one attached hydrogen (secondary N) is 2. The molecule has 4 nitrogen and oxygen atoms in total. The number of hydrogen-bond donors (Lipinski definition) is 3. The molecule has 0 amide bonds. The number of rotatable bonds is 4. The zero-order valence-corrected chi connectivity index (χ0v) is 8.24. The zero-order valence-electron chi connectivity index (χ0n) is 8.24. The summed E-state index contributed by atoms with van der Waals surface area (Å²) in [6, 6.07) is 1.97. The molecule has 3 N–H and O–H groups in total. The van der Waals surface area contributed by atoms with Crippen LogP contribution in [0.4, 0.5) is 0 Å². The van der Waals surface area contributed by atoms with Crippen LogP contribution in [-0.2, 0) is 6.54 Å². The third kappa shape index (κ3) is 2.56. The van der Waals surface area contributed by atoms with Gasteiger partial charge in [0.05, 0.1) is 6.10 Å². The second-order valence-corrected chi connectivity index (χ2v) is 4.05. The van der Waals surface area contributed by atoms with Crippen LogP contribution in [0.1, 0.15) is 25.0 Å². The first kappa shape index (κ1) is 9.68. The molecule has 1 saturated carbocycles. The highest BCUT2D eigenvalue weighted by Crippen LogP contribution is 2.24. The second kappa shape index (κ2) is 4.57. The molecule has 0 aromatic carbocycles. The first-order valence-electron chi connectivity index (χ1n) is 5.21. The fourth-order valence-electron chi connectivity index (χ4n) is 2.03. The lowest BCUT2D eigenvalue weighted by molar-refractivity contribution is 0.177. The van der Waals surface area contributed by atoms with Crippen molar-refractivity contribution in [3.8, 4) is 0 Å². The van der Waals surface area contributed by atoms with E-state index < -0.39 is 0 Å². The summed E-state index contributed by atoms with van der Waals surface area (Å²) < 4.78 is 0. The van der Waals surface area contributed by atoms with Crippen LogP contribution in [0.5, 0.6) is 0 Å². The number of H-pyrrole nitrogens is 1. The molecule has 2 rings (SSSR count). The lowest BCUT2D eigenvalue weighted by atomic mass is 10.1. The van der Waals surface area contributed by atoms with E-state index in [1.165, 1.54) is 0 Å². The van der Waals surface area contributed by atoms with E-state index >= 15 is 0 Å². The highest BCUT2D eigenvalue weighted by molar-refractivity contribution is 4.96. The van der Waals surface area contributed by atoms with Crippen molar-refractivity contribution in [2.45, 2.75) is 31.9 Å². The fraction of sp³-hybridized carbons (Fsp3) is 0.700. The van der Waals surface area contributed by atoms with Crippen LogP contribution in [0, 0.1) is 5.92 Å². The quantitative estimate of drug-likeness (QED) is 0.661. The molecule has 2 atom stereocenters. The average Bonchev–Trinajstić information content (AvgIpc) is 2.77. The molecule has 4 heteroatoms. The van der Waals surface area contributed by atoms with Crippen LogP contribution in [0.3, 0.4) is 0 Å². The largest absolute Gasteiger partial charge is 0.393 e. The molecule has 78 valence electrons. The van der Waals surface area contributed by atoms with Gasteiger partial charge in [-0.1, -0.05) is 0 Å². The van der Waals surface area contributed by atoms with Gasteiger partial charge in [0.25, 0.3) is 0 Å². The highest BCUT2D eigenvalue weighted by Gasteiger charge is 2.21. The van der Waals surface area contributed by atoms with Crippen molar-refractivity contribution in [2.75, 3.05) is 6.54 Å². The van der Waals surface area contributed by atoms with E-state index in [0.717, 1.165) is 38.0 Å². The number of aromatic nitrogens is 2. The highest BCUT2D eigenvalue weighted by atomic mass is 16.3. The van der Waals surface area contributed by atoms with Gasteiger partial charge in [-0.15, -0.1) is 0 Å². The van der Waals surface area contributed by atoms with E-state index in [9.17, 15) is 5.11 Å². The Labute approximate surface area is 83.7 Å². The van der Waals surface area contributed by atoms with Gasteiger partial charge < -0.3 is 10.4 Å². The lowest BCUT2D eigenvalue weighted by Gasteiger charge is -2.09. The molecule has 0 bridgehead atoms. The van der Waals surface area contributed by atoms with E-state index in [0.29, 0.717) is 5.92 Å². The number of aliphatic hydroxyl groups is 1. The van der Waals surface area contributed by atoms with E-state index in [1.54, 1.807) is 6.20 Å². The third-order valence-electron chi connectivity index (χ3n) is 2.82. The van der Waals surface area contributed by atoms with E-state index in [4.69, 9.17) is 0 Å². The zero-order chi connectivity index (χ0) is 9.80. The van der Waals surface area contributed by atoms with Crippen LogP contribution in [0.25, 0.3) is 0 Å². The van der Waals surface area contributed by atoms with Gasteiger partial charge in [0.15, 0.2) is 0 Å². The first-order valence-corrected chi connectivity index (χ1v) is 5.21. The maximum Gasteiger partial charge on any atom is 0.0543 e. The van der Waals surface area contributed by atoms with Crippen LogP contribution >= 0.6 is 0 Å². The van der Waals surface area contributed by atoms with Gasteiger partial charge in [-0.05, 0) is 37.8 Å². The summed E-state index contributed by atoms with van der Waals surface area (Å²) in [5, 5.41) is 19.5. The average molecular weight is 195 g/mol. The van der Waals surface area contributed by atoms with Crippen molar-refractivity contribution < 1.29 is 5.11 Å². The standard InChI is InChI=1S/C10H17N3O/c14-10-2-1-8(5-10)6-11-7-9-3-4-12-13-9/h3-4,8,10-11,14H,1-2,5-7H2,(H,12,13). The van der Waals surface area contributed by atoms with Gasteiger partial charge >= 0.3 is 0 Å². The number of nitrogens with zero attached hydrogens (tertiary/aromatic N) is 1. The van der Waals surface area contributed by atoms with Gasteiger partial charge in [-0.3, -0.25) is 5.10 Å². The third-order valence-corrected chi connectivity index (χ3v) is 2.82. The minimum atomic E-state index is -0.0612. The minimum Gasteiger partial charge on any atom is -0.393 e. The molecule has 14 heavy (non-hydrogen) atoms. The van der Waals surface area contributed by atoms with Crippen LogP contribution in [0.2, 0.25) is 0 Å². The monoisotopic (exact) mass is 195 g/mol. The Hall–Kier alpha value is -0.870. The van der Waals surface area contributed by atoms with E-state index in [1.807, 2.05) is 6.07 Å². The Bertz CT molecular complexity index is 260. The van der Waals surface area contributed by atoms with Crippen molar-refractivity contribution in [2.24, 2.45) is 5.92 Å². The van der Waals surface area contributed by atoms with Gasteiger partial charge in [-0.25, -0.2) is 0 Å². The predicted molar refractivity (Wildman–Crippen MR) is 53.6 cm³/mol. The van der Waals surface area contributed by atoms with Crippen LogP contribution < -0.4 is 5.32 Å². The summed E-state index contributed by atoms with van der Waals surface area (Å²) in [5.74, 6) is 0.646. The summed E-state index contributed by atoms with van der Waals surface area (Å²) in [6.07, 6.45) is 4.77. The molecule has 0 radical (unpaired) electrons. The summed E-state index contributed by atoms with van der Waals surface area (Å²) in [6.45, 7) is 1.84. The van der Waals surface area contributed by atoms with Crippen molar-refractivity contribution in [3.05, 3.63) is 18.0 Å². The SMILES string of the molecule is OC1CCC(CNCc2ccn[nH]2)C1. The Morgan fingerprint density at radius 1 is 1.57 bits per heavy atom. The molecular formula is C10H17N3O. The van der Waals surface area contributed by atoms with Gasteiger partial charge in [-0.2, -0.15) is 5.10 Å². The van der Waals surface area contributed by atoms with Crippen molar-refractivity contribution in [1.82, 2.24) is 15.5 Å². The smallest absolute Gasteiger partial charge is 0.0543 e. The molecule has 0 saturated heterocycles. The summed E-state index contributed by atoms with van der Waals surface area (Å²) in [5.41, 5.74) is 1.11. The Balaban J connectivity index is 1.64.